The van der Waals surface area contributed by atoms with Crippen molar-refractivity contribution < 1.29 is 9.47 Å². The SMILES string of the molecule is CSc1nc(N)nc(NC(C)COc2cccc(Oc3ccccc3)c2)n1. The van der Waals surface area contributed by atoms with E-state index < -0.39 is 0 Å². The van der Waals surface area contributed by atoms with Gasteiger partial charge in [0.1, 0.15) is 23.9 Å². The molecule has 1 aromatic heterocycles. The van der Waals surface area contributed by atoms with Gasteiger partial charge in [-0.2, -0.15) is 15.0 Å². The van der Waals surface area contributed by atoms with E-state index in [0.29, 0.717) is 23.5 Å². The van der Waals surface area contributed by atoms with Crippen molar-refractivity contribution in [2.75, 3.05) is 23.9 Å². The van der Waals surface area contributed by atoms with E-state index >= 15 is 0 Å². The van der Waals surface area contributed by atoms with Crippen LogP contribution in [0.3, 0.4) is 0 Å². The maximum atomic E-state index is 5.86. The fraction of sp³-hybridized carbons (Fsp3) is 0.211. The van der Waals surface area contributed by atoms with E-state index in [4.69, 9.17) is 15.2 Å². The molecular formula is C19H21N5O2S. The fourth-order valence-electron chi connectivity index (χ4n) is 2.26. The Morgan fingerprint density at radius 2 is 1.74 bits per heavy atom. The van der Waals surface area contributed by atoms with Crippen molar-refractivity contribution in [1.82, 2.24) is 15.0 Å². The Labute approximate surface area is 162 Å². The summed E-state index contributed by atoms with van der Waals surface area (Å²) in [6.07, 6.45) is 1.88. The number of thioether (sulfide) groups is 1. The summed E-state index contributed by atoms with van der Waals surface area (Å²) in [5, 5.41) is 3.74. The number of hydrogen-bond acceptors (Lipinski definition) is 8. The van der Waals surface area contributed by atoms with Crippen molar-refractivity contribution >= 4 is 23.7 Å². The molecule has 0 aliphatic carbocycles. The number of nitrogens with zero attached hydrogens (tertiary/aromatic N) is 3. The summed E-state index contributed by atoms with van der Waals surface area (Å²) < 4.78 is 11.7. The number of ether oxygens (including phenoxy) is 2. The molecule has 0 radical (unpaired) electrons. The van der Waals surface area contributed by atoms with Gasteiger partial charge in [-0.25, -0.2) is 0 Å². The third-order valence-electron chi connectivity index (χ3n) is 3.47. The summed E-state index contributed by atoms with van der Waals surface area (Å²) in [6.45, 7) is 2.40. The van der Waals surface area contributed by atoms with Gasteiger partial charge >= 0.3 is 0 Å². The lowest BCUT2D eigenvalue weighted by atomic mass is 10.3. The molecule has 7 nitrogen and oxygen atoms in total. The van der Waals surface area contributed by atoms with Crippen LogP contribution in [-0.2, 0) is 0 Å². The summed E-state index contributed by atoms with van der Waals surface area (Å²) in [7, 11) is 0. The minimum absolute atomic E-state index is 0.0276. The number of para-hydroxylation sites is 1. The first-order chi connectivity index (χ1) is 13.1. The summed E-state index contributed by atoms with van der Waals surface area (Å²) in [4.78, 5) is 12.4. The molecule has 0 aliphatic rings. The lowest BCUT2D eigenvalue weighted by Crippen LogP contribution is -2.25. The van der Waals surface area contributed by atoms with Gasteiger partial charge in [0, 0.05) is 6.07 Å². The second kappa shape index (κ2) is 9.09. The van der Waals surface area contributed by atoms with Crippen molar-refractivity contribution in [1.29, 1.82) is 0 Å². The molecule has 0 saturated carbocycles. The number of aromatic nitrogens is 3. The van der Waals surface area contributed by atoms with E-state index in [1.165, 1.54) is 11.8 Å². The summed E-state index contributed by atoms with van der Waals surface area (Å²) in [6, 6.07) is 17.1. The molecule has 0 bridgehead atoms. The predicted octanol–water partition coefficient (Wildman–Crippen LogP) is 3.85. The van der Waals surface area contributed by atoms with Crippen LogP contribution in [0.15, 0.2) is 59.8 Å². The van der Waals surface area contributed by atoms with E-state index in [1.54, 1.807) is 0 Å². The van der Waals surface area contributed by atoms with Gasteiger partial charge in [-0.1, -0.05) is 36.0 Å². The number of rotatable bonds is 8. The fourth-order valence-corrected chi connectivity index (χ4v) is 2.63. The second-order valence-electron chi connectivity index (χ2n) is 5.75. The number of nitrogens with one attached hydrogen (secondary N) is 1. The Hall–Kier alpha value is -3.00. The van der Waals surface area contributed by atoms with Gasteiger partial charge in [-0.05, 0) is 37.4 Å². The normalized spacial score (nSPS) is 11.6. The molecule has 27 heavy (non-hydrogen) atoms. The van der Waals surface area contributed by atoms with E-state index in [1.807, 2.05) is 67.8 Å². The Bertz CT molecular complexity index is 879. The highest BCUT2D eigenvalue weighted by molar-refractivity contribution is 7.98. The topological polar surface area (TPSA) is 95.2 Å². The smallest absolute Gasteiger partial charge is 0.228 e. The molecule has 0 saturated heterocycles. The molecule has 0 spiro atoms. The van der Waals surface area contributed by atoms with Crippen molar-refractivity contribution in [2.24, 2.45) is 0 Å². The van der Waals surface area contributed by atoms with Crippen LogP contribution in [0.25, 0.3) is 0 Å². The Morgan fingerprint density at radius 3 is 2.52 bits per heavy atom. The minimum Gasteiger partial charge on any atom is -0.491 e. The predicted molar refractivity (Wildman–Crippen MR) is 108 cm³/mol. The first-order valence-corrected chi connectivity index (χ1v) is 9.62. The van der Waals surface area contributed by atoms with E-state index in [9.17, 15) is 0 Å². The van der Waals surface area contributed by atoms with Gasteiger partial charge in [-0.3, -0.25) is 0 Å². The summed E-state index contributed by atoms with van der Waals surface area (Å²) in [5.74, 6) is 2.84. The van der Waals surface area contributed by atoms with Crippen LogP contribution in [0.5, 0.6) is 17.2 Å². The molecule has 8 heteroatoms. The lowest BCUT2D eigenvalue weighted by Gasteiger charge is -2.16. The number of anilines is 2. The van der Waals surface area contributed by atoms with Gasteiger partial charge in [0.15, 0.2) is 5.16 Å². The molecule has 0 aliphatic heterocycles. The average Bonchev–Trinajstić information content (AvgIpc) is 2.67. The zero-order valence-electron chi connectivity index (χ0n) is 15.1. The molecule has 1 heterocycles. The average molecular weight is 383 g/mol. The molecule has 3 N–H and O–H groups in total. The molecule has 3 aromatic rings. The molecule has 1 atom stereocenters. The molecule has 140 valence electrons. The number of benzene rings is 2. The van der Waals surface area contributed by atoms with Gasteiger partial charge < -0.3 is 20.5 Å². The largest absolute Gasteiger partial charge is 0.491 e. The zero-order valence-corrected chi connectivity index (χ0v) is 15.9. The monoisotopic (exact) mass is 383 g/mol. The van der Waals surface area contributed by atoms with E-state index in [2.05, 4.69) is 20.3 Å². The van der Waals surface area contributed by atoms with Crippen LogP contribution in [0.1, 0.15) is 6.92 Å². The highest BCUT2D eigenvalue weighted by atomic mass is 32.2. The van der Waals surface area contributed by atoms with E-state index in [0.717, 1.165) is 11.5 Å². The first kappa shape index (κ1) is 18.8. The highest BCUT2D eigenvalue weighted by Crippen LogP contribution is 2.25. The quantitative estimate of drug-likeness (QED) is 0.567. The van der Waals surface area contributed by atoms with Gasteiger partial charge in [0.05, 0.1) is 6.04 Å². The third kappa shape index (κ3) is 5.75. The summed E-state index contributed by atoms with van der Waals surface area (Å²) >= 11 is 1.41. The summed E-state index contributed by atoms with van der Waals surface area (Å²) in [5.41, 5.74) is 5.69. The highest BCUT2D eigenvalue weighted by Gasteiger charge is 2.09. The lowest BCUT2D eigenvalue weighted by molar-refractivity contribution is 0.302. The van der Waals surface area contributed by atoms with Gasteiger partial charge in [0.2, 0.25) is 11.9 Å². The number of nitrogen functional groups attached to an aromatic ring is 1. The molecule has 1 unspecified atom stereocenters. The van der Waals surface area contributed by atoms with Gasteiger partial charge in [0.25, 0.3) is 0 Å². The van der Waals surface area contributed by atoms with Crippen molar-refractivity contribution in [3.05, 3.63) is 54.6 Å². The molecular weight excluding hydrogens is 362 g/mol. The Kier molecular flexibility index (Phi) is 6.32. The van der Waals surface area contributed by atoms with Crippen LogP contribution in [0, 0.1) is 0 Å². The molecule has 2 aromatic carbocycles. The van der Waals surface area contributed by atoms with Crippen LogP contribution < -0.4 is 20.5 Å². The zero-order chi connectivity index (χ0) is 19.1. The standard InChI is InChI=1S/C19H21N5O2S/c1-13(21-18-22-17(20)23-19(24-18)27-2)12-25-15-9-6-10-16(11-15)26-14-7-4-3-5-8-14/h3-11,13H,12H2,1-2H3,(H3,20,21,22,23,24). The number of hydrogen-bond donors (Lipinski definition) is 2. The molecule has 3 rings (SSSR count). The van der Waals surface area contributed by atoms with Crippen molar-refractivity contribution in [2.45, 2.75) is 18.1 Å². The number of nitrogens with two attached hydrogens (primary N) is 1. The third-order valence-corrected chi connectivity index (χ3v) is 4.02. The van der Waals surface area contributed by atoms with Crippen molar-refractivity contribution in [3.8, 4) is 17.2 Å². The van der Waals surface area contributed by atoms with E-state index in [-0.39, 0.29) is 12.0 Å². The Balaban J connectivity index is 1.56. The van der Waals surface area contributed by atoms with Crippen LogP contribution in [0.4, 0.5) is 11.9 Å². The first-order valence-electron chi connectivity index (χ1n) is 8.40. The van der Waals surface area contributed by atoms with Gasteiger partial charge in [-0.15, -0.1) is 0 Å². The van der Waals surface area contributed by atoms with Crippen molar-refractivity contribution in [3.63, 3.8) is 0 Å². The van der Waals surface area contributed by atoms with Crippen LogP contribution in [0.2, 0.25) is 0 Å². The minimum atomic E-state index is -0.0276. The maximum absolute atomic E-state index is 5.86. The van der Waals surface area contributed by atoms with Crippen LogP contribution in [-0.4, -0.2) is 33.9 Å². The molecule has 0 fully saturated rings. The molecule has 0 amide bonds. The second-order valence-corrected chi connectivity index (χ2v) is 6.52. The van der Waals surface area contributed by atoms with Crippen LogP contribution >= 0.6 is 11.8 Å². The Morgan fingerprint density at radius 1 is 1.00 bits per heavy atom. The maximum Gasteiger partial charge on any atom is 0.228 e.